The lowest BCUT2D eigenvalue weighted by molar-refractivity contribution is -0.117. The second-order valence-electron chi connectivity index (χ2n) is 7.94. The van der Waals surface area contributed by atoms with Crippen LogP contribution in [0.1, 0.15) is 50.9 Å². The molecule has 168 valence electrons. The lowest BCUT2D eigenvalue weighted by atomic mass is 9.96. The van der Waals surface area contributed by atoms with E-state index in [1.807, 2.05) is 30.5 Å². The predicted molar refractivity (Wildman–Crippen MR) is 118 cm³/mol. The molecule has 3 rings (SSSR count). The van der Waals surface area contributed by atoms with Crippen LogP contribution < -0.4 is 10.6 Å². The van der Waals surface area contributed by atoms with Crippen molar-refractivity contribution in [2.24, 2.45) is 0 Å². The van der Waals surface area contributed by atoms with Crippen LogP contribution >= 0.6 is 11.8 Å². The summed E-state index contributed by atoms with van der Waals surface area (Å²) in [5.74, 6) is -0.0614. The molecule has 0 aliphatic heterocycles. The molecule has 0 radical (unpaired) electrons. The molecular weight excluding hydrogens is 419 g/mol. The first kappa shape index (κ1) is 23.2. The highest BCUT2D eigenvalue weighted by molar-refractivity contribution is 7.99. The van der Waals surface area contributed by atoms with Crippen LogP contribution in [0.3, 0.4) is 0 Å². The Morgan fingerprint density at radius 1 is 1.19 bits per heavy atom. The van der Waals surface area contributed by atoms with E-state index in [2.05, 4.69) is 20.8 Å². The van der Waals surface area contributed by atoms with Gasteiger partial charge in [0.15, 0.2) is 11.0 Å². The number of nitrogens with zero attached hydrogens (tertiary/aromatic N) is 4. The van der Waals surface area contributed by atoms with Crippen LogP contribution in [0, 0.1) is 5.82 Å². The number of aromatic nitrogens is 3. The number of imide groups is 1. The van der Waals surface area contributed by atoms with E-state index in [9.17, 15) is 14.0 Å². The lowest BCUT2D eigenvalue weighted by Crippen LogP contribution is -2.45. The molecule has 10 heteroatoms. The number of thioether (sulfide) groups is 1. The van der Waals surface area contributed by atoms with Crippen molar-refractivity contribution < 1.29 is 14.0 Å². The van der Waals surface area contributed by atoms with E-state index >= 15 is 0 Å². The van der Waals surface area contributed by atoms with E-state index in [1.54, 1.807) is 12.1 Å². The van der Waals surface area contributed by atoms with Crippen LogP contribution in [0.15, 0.2) is 29.4 Å². The van der Waals surface area contributed by atoms with Crippen LogP contribution in [0.5, 0.6) is 0 Å². The molecule has 1 heterocycles. The number of nitrogens with one attached hydrogen (secondary N) is 2. The summed E-state index contributed by atoms with van der Waals surface area (Å²) < 4.78 is 15.2. The van der Waals surface area contributed by atoms with E-state index in [1.165, 1.54) is 30.3 Å². The highest BCUT2D eigenvalue weighted by Crippen LogP contribution is 2.27. The first-order valence-electron chi connectivity index (χ1n) is 10.5. The zero-order chi connectivity index (χ0) is 22.4. The molecule has 31 heavy (non-hydrogen) atoms. The van der Waals surface area contributed by atoms with Gasteiger partial charge in [0.1, 0.15) is 5.82 Å². The fourth-order valence-electron chi connectivity index (χ4n) is 3.47. The molecule has 1 unspecified atom stereocenters. The summed E-state index contributed by atoms with van der Waals surface area (Å²) in [5, 5.41) is 14.3. The summed E-state index contributed by atoms with van der Waals surface area (Å²) in [4.78, 5) is 26.4. The molecule has 0 saturated heterocycles. The number of amides is 3. The first-order chi connectivity index (χ1) is 14.8. The molecule has 3 amide bonds. The number of carbonyl (C=O) groups is 2. The third kappa shape index (κ3) is 6.27. The average molecular weight is 449 g/mol. The van der Waals surface area contributed by atoms with Gasteiger partial charge in [0.25, 0.3) is 0 Å². The topological polar surface area (TPSA) is 92.1 Å². The van der Waals surface area contributed by atoms with Gasteiger partial charge in [-0.15, -0.1) is 10.2 Å². The Morgan fingerprint density at radius 3 is 2.52 bits per heavy atom. The minimum atomic E-state index is -0.459. The van der Waals surface area contributed by atoms with Crippen molar-refractivity contribution in [3.8, 4) is 5.69 Å². The number of halogens is 1. The summed E-state index contributed by atoms with van der Waals surface area (Å²) in [6, 6.07) is 5.65. The van der Waals surface area contributed by atoms with Crippen LogP contribution in [0.2, 0.25) is 0 Å². The molecule has 2 aromatic rings. The van der Waals surface area contributed by atoms with Gasteiger partial charge in [-0.05, 0) is 58.1 Å². The standard InChI is InChI=1S/C21H29FN6O2S/c1-14(27(2)3)19-25-26-21(28(19)17-11-9-15(22)10-12-17)31-13-18(29)24-20(30)23-16-7-5-4-6-8-16/h9-12,14,16H,4-8,13H2,1-3H3,(H2,23,24,29,30). The molecule has 1 aromatic carbocycles. The molecule has 0 spiro atoms. The highest BCUT2D eigenvalue weighted by Gasteiger charge is 2.22. The molecule has 2 N–H and O–H groups in total. The number of rotatable bonds is 7. The van der Waals surface area contributed by atoms with Crippen LogP contribution in [-0.4, -0.2) is 57.5 Å². The van der Waals surface area contributed by atoms with Gasteiger partial charge in [0, 0.05) is 11.7 Å². The van der Waals surface area contributed by atoms with E-state index < -0.39 is 11.9 Å². The van der Waals surface area contributed by atoms with Crippen molar-refractivity contribution in [2.75, 3.05) is 19.8 Å². The highest BCUT2D eigenvalue weighted by atomic mass is 32.2. The Hall–Kier alpha value is -2.46. The minimum absolute atomic E-state index is 0.00770. The average Bonchev–Trinajstić information content (AvgIpc) is 3.16. The predicted octanol–water partition coefficient (Wildman–Crippen LogP) is 3.28. The third-order valence-corrected chi connectivity index (χ3v) is 6.35. The van der Waals surface area contributed by atoms with Crippen molar-refractivity contribution in [3.63, 3.8) is 0 Å². The maximum absolute atomic E-state index is 13.4. The Morgan fingerprint density at radius 2 is 1.87 bits per heavy atom. The third-order valence-electron chi connectivity index (χ3n) is 5.42. The molecule has 1 aliphatic rings. The lowest BCUT2D eigenvalue weighted by Gasteiger charge is -2.22. The normalized spacial score (nSPS) is 15.6. The molecular formula is C21H29FN6O2S. The maximum atomic E-state index is 13.4. The Balaban J connectivity index is 1.67. The Labute approximate surface area is 186 Å². The number of hydrogen-bond acceptors (Lipinski definition) is 6. The second kappa shape index (κ2) is 10.7. The van der Waals surface area contributed by atoms with Gasteiger partial charge in [-0.3, -0.25) is 19.6 Å². The van der Waals surface area contributed by atoms with E-state index in [4.69, 9.17) is 0 Å². The quantitative estimate of drug-likeness (QED) is 0.632. The van der Waals surface area contributed by atoms with Crippen molar-refractivity contribution in [2.45, 2.75) is 56.3 Å². The molecule has 1 atom stereocenters. The van der Waals surface area contributed by atoms with E-state index in [0.717, 1.165) is 25.7 Å². The van der Waals surface area contributed by atoms with Crippen LogP contribution in [-0.2, 0) is 4.79 Å². The molecule has 1 aliphatic carbocycles. The van der Waals surface area contributed by atoms with Crippen molar-refractivity contribution in [1.29, 1.82) is 0 Å². The van der Waals surface area contributed by atoms with Gasteiger partial charge < -0.3 is 5.32 Å². The number of hydrogen-bond donors (Lipinski definition) is 2. The van der Waals surface area contributed by atoms with Gasteiger partial charge in [-0.25, -0.2) is 9.18 Å². The summed E-state index contributed by atoms with van der Waals surface area (Å²) in [5.41, 5.74) is 0.702. The van der Waals surface area contributed by atoms with Gasteiger partial charge in [0.2, 0.25) is 5.91 Å². The minimum Gasteiger partial charge on any atom is -0.335 e. The SMILES string of the molecule is CC(c1nnc(SCC(=O)NC(=O)NC2CCCCC2)n1-c1ccc(F)cc1)N(C)C. The number of urea groups is 1. The number of benzene rings is 1. The van der Waals surface area contributed by atoms with Gasteiger partial charge >= 0.3 is 6.03 Å². The maximum Gasteiger partial charge on any atom is 0.321 e. The number of carbonyl (C=O) groups excluding carboxylic acids is 2. The van der Waals surface area contributed by atoms with E-state index in [-0.39, 0.29) is 23.7 Å². The zero-order valence-corrected chi connectivity index (χ0v) is 18.9. The van der Waals surface area contributed by atoms with Gasteiger partial charge in [-0.2, -0.15) is 0 Å². The van der Waals surface area contributed by atoms with Crippen LogP contribution in [0.4, 0.5) is 9.18 Å². The second-order valence-corrected chi connectivity index (χ2v) is 8.88. The smallest absolute Gasteiger partial charge is 0.321 e. The zero-order valence-electron chi connectivity index (χ0n) is 18.1. The molecule has 1 saturated carbocycles. The Bertz CT molecular complexity index is 896. The van der Waals surface area contributed by atoms with Gasteiger partial charge in [-0.1, -0.05) is 31.0 Å². The van der Waals surface area contributed by atoms with Crippen molar-refractivity contribution >= 4 is 23.7 Å². The van der Waals surface area contributed by atoms with Gasteiger partial charge in [0.05, 0.1) is 11.8 Å². The molecule has 1 aromatic heterocycles. The molecule has 8 nitrogen and oxygen atoms in total. The van der Waals surface area contributed by atoms with Crippen molar-refractivity contribution in [1.82, 2.24) is 30.3 Å². The first-order valence-corrected chi connectivity index (χ1v) is 11.4. The monoisotopic (exact) mass is 448 g/mol. The van der Waals surface area contributed by atoms with E-state index in [0.29, 0.717) is 16.7 Å². The van der Waals surface area contributed by atoms with Crippen LogP contribution in [0.25, 0.3) is 5.69 Å². The Kier molecular flexibility index (Phi) is 8.03. The summed E-state index contributed by atoms with van der Waals surface area (Å²) in [6.45, 7) is 1.99. The largest absolute Gasteiger partial charge is 0.335 e. The summed E-state index contributed by atoms with van der Waals surface area (Å²) in [6.07, 6.45) is 5.29. The molecule has 0 bridgehead atoms. The fourth-order valence-corrected chi connectivity index (χ4v) is 4.23. The summed E-state index contributed by atoms with van der Waals surface area (Å²) in [7, 11) is 3.86. The van der Waals surface area contributed by atoms with Crippen molar-refractivity contribution in [3.05, 3.63) is 35.9 Å². The summed E-state index contributed by atoms with van der Waals surface area (Å²) >= 11 is 1.18. The fraction of sp³-hybridized carbons (Fsp3) is 0.524. The molecule has 1 fully saturated rings.